The van der Waals surface area contributed by atoms with E-state index in [1.165, 1.54) is 6.92 Å². The summed E-state index contributed by atoms with van der Waals surface area (Å²) in [6.07, 6.45) is -1.46. The van der Waals surface area contributed by atoms with Crippen LogP contribution in [0.3, 0.4) is 0 Å². The summed E-state index contributed by atoms with van der Waals surface area (Å²) in [5.41, 5.74) is -2.42. The zero-order chi connectivity index (χ0) is 15.6. The van der Waals surface area contributed by atoms with Gasteiger partial charge in [-0.15, -0.1) is 0 Å². The molecule has 112 valence electrons. The molecule has 0 aliphatic carbocycles. The molecule has 7 heteroatoms. The molecule has 0 bridgehead atoms. The van der Waals surface area contributed by atoms with Crippen LogP contribution in [0.2, 0.25) is 18.1 Å². The van der Waals surface area contributed by atoms with E-state index in [4.69, 9.17) is 9.68 Å². The van der Waals surface area contributed by atoms with Crippen LogP contribution in [0, 0.1) is 0 Å². The number of Topliss-reactive ketones (excluding diaryl/α,β-unsaturated/α-hetero) is 1. The lowest BCUT2D eigenvalue weighted by molar-refractivity contribution is -0.237. The fraction of sp³-hybridized carbons (Fsp3) is 0.833. The van der Waals surface area contributed by atoms with Crippen LogP contribution in [0.1, 0.15) is 34.6 Å². The summed E-state index contributed by atoms with van der Waals surface area (Å²) in [6, 6.07) is 0. The fourth-order valence-corrected chi connectivity index (χ4v) is 1.39. The lowest BCUT2D eigenvalue weighted by atomic mass is 9.98. The van der Waals surface area contributed by atoms with Crippen molar-refractivity contribution in [3.63, 3.8) is 0 Å². The number of carbonyl (C=O) groups is 2. The Labute approximate surface area is 114 Å². The van der Waals surface area contributed by atoms with Gasteiger partial charge in [-0.2, -0.15) is 0 Å². The first kappa shape index (κ1) is 18.2. The van der Waals surface area contributed by atoms with Crippen molar-refractivity contribution in [3.05, 3.63) is 0 Å². The molecule has 6 nitrogen and oxygen atoms in total. The number of ketones is 1. The molecule has 0 saturated carbocycles. The highest BCUT2D eigenvalue weighted by atomic mass is 28.4. The number of rotatable bonds is 5. The van der Waals surface area contributed by atoms with E-state index in [1.54, 1.807) is 0 Å². The Morgan fingerprint density at radius 3 is 1.89 bits per heavy atom. The fourth-order valence-electron chi connectivity index (χ4n) is 0.855. The molecule has 0 aliphatic heterocycles. The van der Waals surface area contributed by atoms with E-state index in [0.29, 0.717) is 0 Å². The molecule has 2 unspecified atom stereocenters. The Balaban J connectivity index is 4.78. The first-order valence-electron chi connectivity index (χ1n) is 6.08. The molecule has 0 rings (SSSR count). The second kappa shape index (κ2) is 5.70. The largest absolute Gasteiger partial charge is 0.385 e. The quantitative estimate of drug-likeness (QED) is 0.342. The molecule has 0 spiro atoms. The summed E-state index contributed by atoms with van der Waals surface area (Å²) >= 11 is 0. The molecule has 0 saturated heterocycles. The average Bonchev–Trinajstić information content (AvgIpc) is 2.22. The molecule has 0 aliphatic rings. The zero-order valence-electron chi connectivity index (χ0n) is 12.6. The lowest BCUT2D eigenvalue weighted by Crippen LogP contribution is -2.51. The highest BCUT2D eigenvalue weighted by Gasteiger charge is 2.46. The maximum Gasteiger partial charge on any atom is 0.379 e. The third-order valence-electron chi connectivity index (χ3n) is 3.39. The van der Waals surface area contributed by atoms with Crippen molar-refractivity contribution >= 4 is 20.1 Å². The summed E-state index contributed by atoms with van der Waals surface area (Å²) in [4.78, 5) is 27.8. The van der Waals surface area contributed by atoms with Crippen LogP contribution in [0.4, 0.5) is 0 Å². The lowest BCUT2D eigenvalue weighted by Gasteiger charge is -2.34. The van der Waals surface area contributed by atoms with Crippen LogP contribution in [-0.4, -0.2) is 42.0 Å². The topological polar surface area (TPSA) is 93.1 Å². The number of hydrogen-bond donors (Lipinski definition) is 2. The highest BCUT2D eigenvalue weighted by Crippen LogP contribution is 2.36. The van der Waals surface area contributed by atoms with Gasteiger partial charge in [0, 0.05) is 0 Å². The summed E-state index contributed by atoms with van der Waals surface area (Å²) in [5, 5.41) is 18.7. The Morgan fingerprint density at radius 2 is 1.58 bits per heavy atom. The minimum absolute atomic E-state index is 0.187. The van der Waals surface area contributed by atoms with Gasteiger partial charge in [0.1, 0.15) is 6.10 Å². The molecule has 0 amide bonds. The van der Waals surface area contributed by atoms with Crippen LogP contribution in [0.5, 0.6) is 0 Å². The van der Waals surface area contributed by atoms with Crippen LogP contribution < -0.4 is 0 Å². The molecule has 2 atom stereocenters. The van der Waals surface area contributed by atoms with Gasteiger partial charge in [0.25, 0.3) is 8.32 Å². The van der Waals surface area contributed by atoms with Gasteiger partial charge in [0.15, 0.2) is 0 Å². The van der Waals surface area contributed by atoms with E-state index < -0.39 is 31.8 Å². The normalized spacial score (nSPS) is 17.5. The van der Waals surface area contributed by atoms with Crippen molar-refractivity contribution in [1.82, 2.24) is 0 Å². The molecule has 0 aromatic heterocycles. The number of aliphatic hydroxyl groups excluding tert-OH is 1. The number of carbonyl (C=O) groups excluding carboxylic acids is 2. The Morgan fingerprint density at radius 1 is 1.16 bits per heavy atom. The van der Waals surface area contributed by atoms with E-state index >= 15 is 0 Å². The second-order valence-electron chi connectivity index (χ2n) is 6.33. The van der Waals surface area contributed by atoms with Crippen molar-refractivity contribution in [1.29, 1.82) is 0 Å². The van der Waals surface area contributed by atoms with Crippen molar-refractivity contribution in [2.45, 2.75) is 64.5 Å². The minimum Gasteiger partial charge on any atom is -0.385 e. The molecular formula is C12H24O6Si. The van der Waals surface area contributed by atoms with Gasteiger partial charge < -0.3 is 15.1 Å². The van der Waals surface area contributed by atoms with Crippen LogP contribution in [0.15, 0.2) is 0 Å². The van der Waals surface area contributed by atoms with Crippen molar-refractivity contribution in [2.24, 2.45) is 0 Å². The Bertz CT molecular complexity index is 354. The first-order valence-corrected chi connectivity index (χ1v) is 8.99. The van der Waals surface area contributed by atoms with Gasteiger partial charge in [-0.3, -0.25) is 4.79 Å². The standard InChI is InChI=1S/C12H24O6Si/c1-8(13)9(14)12(5,16)10(15)17-18-19(6,7)11(2,3)4/h8,13,16H,1-7H3. The molecular weight excluding hydrogens is 268 g/mol. The third-order valence-corrected chi connectivity index (χ3v) is 7.50. The third kappa shape index (κ3) is 4.38. The van der Waals surface area contributed by atoms with Crippen molar-refractivity contribution in [3.8, 4) is 0 Å². The molecule has 0 aromatic carbocycles. The maximum absolute atomic E-state index is 11.7. The smallest absolute Gasteiger partial charge is 0.379 e. The minimum atomic E-state index is -2.42. The van der Waals surface area contributed by atoms with Gasteiger partial charge in [-0.1, -0.05) is 20.8 Å². The van der Waals surface area contributed by atoms with E-state index in [1.807, 2.05) is 33.9 Å². The molecule has 0 fully saturated rings. The first-order chi connectivity index (χ1) is 8.23. The van der Waals surface area contributed by atoms with Crippen molar-refractivity contribution < 1.29 is 29.3 Å². The van der Waals surface area contributed by atoms with Gasteiger partial charge in [-0.05, 0) is 32.0 Å². The average molecular weight is 292 g/mol. The van der Waals surface area contributed by atoms with E-state index in [9.17, 15) is 14.7 Å². The predicted molar refractivity (Wildman–Crippen MR) is 71.7 cm³/mol. The van der Waals surface area contributed by atoms with Gasteiger partial charge in [-0.25, -0.2) is 9.37 Å². The van der Waals surface area contributed by atoms with Crippen LogP contribution in [-0.2, 0) is 19.1 Å². The maximum atomic E-state index is 11.7. The molecule has 0 aromatic rings. The Kier molecular flexibility index (Phi) is 5.47. The van der Waals surface area contributed by atoms with Gasteiger partial charge in [0.05, 0.1) is 0 Å². The zero-order valence-corrected chi connectivity index (χ0v) is 13.6. The molecule has 2 N–H and O–H groups in total. The predicted octanol–water partition coefficient (Wildman–Crippen LogP) is 1.17. The highest BCUT2D eigenvalue weighted by molar-refractivity contribution is 6.73. The molecule has 0 radical (unpaired) electrons. The van der Waals surface area contributed by atoms with Gasteiger partial charge >= 0.3 is 5.97 Å². The summed E-state index contributed by atoms with van der Waals surface area (Å²) in [7, 11) is -2.34. The summed E-state index contributed by atoms with van der Waals surface area (Å²) in [6.45, 7) is 11.7. The van der Waals surface area contributed by atoms with Crippen molar-refractivity contribution in [2.75, 3.05) is 0 Å². The molecule has 19 heavy (non-hydrogen) atoms. The van der Waals surface area contributed by atoms with E-state index in [0.717, 1.165) is 6.92 Å². The van der Waals surface area contributed by atoms with Gasteiger partial charge in [0.2, 0.25) is 11.4 Å². The Hall–Kier alpha value is -0.763. The number of hydrogen-bond acceptors (Lipinski definition) is 6. The van der Waals surface area contributed by atoms with E-state index in [2.05, 4.69) is 4.89 Å². The van der Waals surface area contributed by atoms with Crippen LogP contribution >= 0.6 is 0 Å². The van der Waals surface area contributed by atoms with E-state index in [-0.39, 0.29) is 5.04 Å². The summed E-state index contributed by atoms with van der Waals surface area (Å²) in [5.74, 6) is -2.25. The monoisotopic (exact) mass is 292 g/mol. The second-order valence-corrected chi connectivity index (χ2v) is 11.0. The SMILES string of the molecule is CC(O)C(=O)C(C)(O)C(=O)OO[Si](C)(C)C(C)(C)C. The summed E-state index contributed by atoms with van der Waals surface area (Å²) < 4.78 is 5.17. The number of aliphatic hydroxyl groups is 2. The van der Waals surface area contributed by atoms with Crippen LogP contribution in [0.25, 0.3) is 0 Å². The molecule has 0 heterocycles.